The van der Waals surface area contributed by atoms with Crippen molar-refractivity contribution in [3.63, 3.8) is 0 Å². The summed E-state index contributed by atoms with van der Waals surface area (Å²) in [6, 6.07) is 5.88. The van der Waals surface area contributed by atoms with Crippen LogP contribution in [0.5, 0.6) is 0 Å². The van der Waals surface area contributed by atoms with E-state index in [2.05, 4.69) is 10.6 Å². The molecule has 132 valence electrons. The van der Waals surface area contributed by atoms with Crippen molar-refractivity contribution in [3.8, 4) is 0 Å². The van der Waals surface area contributed by atoms with Gasteiger partial charge < -0.3 is 15.4 Å². The quantitative estimate of drug-likeness (QED) is 0.347. The van der Waals surface area contributed by atoms with E-state index in [9.17, 15) is 14.9 Å². The molecule has 0 saturated heterocycles. The number of nitro groups is 1. The summed E-state index contributed by atoms with van der Waals surface area (Å²) in [7, 11) is 0. The van der Waals surface area contributed by atoms with Crippen LogP contribution in [0.2, 0.25) is 0 Å². The van der Waals surface area contributed by atoms with Crippen LogP contribution in [0.1, 0.15) is 27.7 Å². The maximum absolute atomic E-state index is 12.2. The molecule has 0 saturated carbocycles. The molecule has 0 unspecified atom stereocenters. The van der Waals surface area contributed by atoms with Crippen molar-refractivity contribution in [3.05, 3.63) is 50.4 Å². The summed E-state index contributed by atoms with van der Waals surface area (Å²) in [6.45, 7) is 5.81. The van der Waals surface area contributed by atoms with Crippen molar-refractivity contribution in [2.75, 3.05) is 17.2 Å². The predicted octanol–water partition coefficient (Wildman–Crippen LogP) is 4.26. The van der Waals surface area contributed by atoms with Crippen molar-refractivity contribution < 1.29 is 14.5 Å². The second-order valence-corrected chi connectivity index (χ2v) is 6.72. The van der Waals surface area contributed by atoms with E-state index >= 15 is 0 Å². The highest BCUT2D eigenvalue weighted by Gasteiger charge is 2.21. The zero-order chi connectivity index (χ0) is 18.6. The van der Waals surface area contributed by atoms with E-state index in [1.807, 2.05) is 13.8 Å². The van der Waals surface area contributed by atoms with Gasteiger partial charge in [-0.1, -0.05) is 0 Å². The summed E-state index contributed by atoms with van der Waals surface area (Å²) in [6.07, 6.45) is 0. The van der Waals surface area contributed by atoms with Crippen LogP contribution in [0.25, 0.3) is 0 Å². The monoisotopic (exact) mass is 379 g/mol. The molecule has 0 aliphatic carbocycles. The lowest BCUT2D eigenvalue weighted by Gasteiger charge is -2.11. The standard InChI is InChI=1S/C16H17N3O4S2/c1-4-23-15(20)13-9(2)10(3)25-14(13)18-16(24)17-11-5-7-12(8-6-11)19(21)22/h5-8H,4H2,1-3H3,(H2,17,18,24). The minimum atomic E-state index is -0.469. The number of carbonyl (C=O) groups excluding carboxylic acids is 1. The molecular formula is C16H17N3O4S2. The van der Waals surface area contributed by atoms with Gasteiger partial charge in [-0.25, -0.2) is 4.79 Å². The topological polar surface area (TPSA) is 93.5 Å². The fourth-order valence-corrected chi connectivity index (χ4v) is 3.43. The maximum Gasteiger partial charge on any atom is 0.341 e. The Morgan fingerprint density at radius 2 is 1.92 bits per heavy atom. The number of thiophene rings is 1. The van der Waals surface area contributed by atoms with Crippen LogP contribution in [0.4, 0.5) is 16.4 Å². The fourth-order valence-electron chi connectivity index (χ4n) is 2.10. The van der Waals surface area contributed by atoms with Gasteiger partial charge in [-0.05, 0) is 50.7 Å². The first-order chi connectivity index (χ1) is 11.8. The molecule has 0 bridgehead atoms. The zero-order valence-electron chi connectivity index (χ0n) is 13.9. The number of nitro benzene ring substituents is 1. The number of esters is 1. The number of nitrogens with zero attached hydrogens (tertiary/aromatic N) is 1. The maximum atomic E-state index is 12.2. The summed E-state index contributed by atoms with van der Waals surface area (Å²) in [4.78, 5) is 23.3. The Labute approximate surface area is 154 Å². The average molecular weight is 379 g/mol. The average Bonchev–Trinajstić information content (AvgIpc) is 2.82. The third-order valence-electron chi connectivity index (χ3n) is 3.43. The fraction of sp³-hybridized carbons (Fsp3) is 0.250. The van der Waals surface area contributed by atoms with E-state index in [-0.39, 0.29) is 17.4 Å². The smallest absolute Gasteiger partial charge is 0.341 e. The number of non-ortho nitro benzene ring substituents is 1. The number of carbonyl (C=O) groups is 1. The van der Waals surface area contributed by atoms with E-state index < -0.39 is 10.9 Å². The van der Waals surface area contributed by atoms with Crippen molar-refractivity contribution in [2.24, 2.45) is 0 Å². The van der Waals surface area contributed by atoms with Gasteiger partial charge in [-0.3, -0.25) is 10.1 Å². The van der Waals surface area contributed by atoms with Crippen molar-refractivity contribution >= 4 is 51.0 Å². The van der Waals surface area contributed by atoms with Crippen LogP contribution < -0.4 is 10.6 Å². The lowest BCUT2D eigenvalue weighted by molar-refractivity contribution is -0.384. The second kappa shape index (κ2) is 8.04. The first-order valence-corrected chi connectivity index (χ1v) is 8.65. The molecule has 2 rings (SSSR count). The highest BCUT2D eigenvalue weighted by Crippen LogP contribution is 2.33. The molecule has 1 aromatic carbocycles. The minimum Gasteiger partial charge on any atom is -0.462 e. The number of aryl methyl sites for hydroxylation is 1. The Morgan fingerprint density at radius 3 is 2.48 bits per heavy atom. The summed E-state index contributed by atoms with van der Waals surface area (Å²) in [5.74, 6) is -0.398. The summed E-state index contributed by atoms with van der Waals surface area (Å²) >= 11 is 6.68. The normalized spacial score (nSPS) is 10.2. The van der Waals surface area contributed by atoms with E-state index in [4.69, 9.17) is 17.0 Å². The molecule has 0 atom stereocenters. The Kier molecular flexibility index (Phi) is 6.05. The third-order valence-corrected chi connectivity index (χ3v) is 4.75. The molecule has 2 aromatic rings. The number of hydrogen-bond acceptors (Lipinski definition) is 6. The van der Waals surface area contributed by atoms with Gasteiger partial charge in [0.15, 0.2) is 5.11 Å². The van der Waals surface area contributed by atoms with Gasteiger partial charge in [-0.2, -0.15) is 0 Å². The van der Waals surface area contributed by atoms with Gasteiger partial charge in [-0.15, -0.1) is 11.3 Å². The molecule has 0 spiro atoms. The van der Waals surface area contributed by atoms with Crippen molar-refractivity contribution in [2.45, 2.75) is 20.8 Å². The van der Waals surface area contributed by atoms with Gasteiger partial charge >= 0.3 is 5.97 Å². The lowest BCUT2D eigenvalue weighted by Crippen LogP contribution is -2.20. The van der Waals surface area contributed by atoms with Crippen molar-refractivity contribution in [1.29, 1.82) is 0 Å². The van der Waals surface area contributed by atoms with Gasteiger partial charge in [0.1, 0.15) is 5.00 Å². The van der Waals surface area contributed by atoms with Gasteiger partial charge in [0, 0.05) is 22.7 Å². The van der Waals surface area contributed by atoms with Crippen molar-refractivity contribution in [1.82, 2.24) is 0 Å². The minimum absolute atomic E-state index is 0.00136. The molecule has 1 heterocycles. The third kappa shape index (κ3) is 4.52. The van der Waals surface area contributed by atoms with Crippen LogP contribution in [0.15, 0.2) is 24.3 Å². The number of ether oxygens (including phenoxy) is 1. The summed E-state index contributed by atoms with van der Waals surface area (Å²) < 4.78 is 5.10. The Hall–Kier alpha value is -2.52. The second-order valence-electron chi connectivity index (χ2n) is 5.09. The van der Waals surface area contributed by atoms with Gasteiger partial charge in [0.05, 0.1) is 17.1 Å². The highest BCUT2D eigenvalue weighted by atomic mass is 32.1. The van der Waals surface area contributed by atoms with Gasteiger partial charge in [0.25, 0.3) is 5.69 Å². The summed E-state index contributed by atoms with van der Waals surface area (Å²) in [5.41, 5.74) is 1.92. The molecular weight excluding hydrogens is 362 g/mol. The van der Waals surface area contributed by atoms with E-state index in [0.717, 1.165) is 10.4 Å². The molecule has 0 fully saturated rings. The molecule has 0 aliphatic rings. The Bertz CT molecular complexity index is 816. The van der Waals surface area contributed by atoms with Crippen LogP contribution in [0, 0.1) is 24.0 Å². The lowest BCUT2D eigenvalue weighted by atomic mass is 10.1. The molecule has 25 heavy (non-hydrogen) atoms. The van der Waals surface area contributed by atoms with Crippen LogP contribution in [-0.4, -0.2) is 22.6 Å². The SMILES string of the molecule is CCOC(=O)c1c(NC(=S)Nc2ccc([N+](=O)[O-])cc2)sc(C)c1C. The Balaban J connectivity index is 2.14. The molecule has 2 N–H and O–H groups in total. The Morgan fingerprint density at radius 1 is 1.28 bits per heavy atom. The van der Waals surface area contributed by atoms with Crippen LogP contribution >= 0.6 is 23.6 Å². The van der Waals surface area contributed by atoms with E-state index in [0.29, 0.717) is 16.3 Å². The number of thiocarbonyl (C=S) groups is 1. The highest BCUT2D eigenvalue weighted by molar-refractivity contribution is 7.80. The summed E-state index contributed by atoms with van der Waals surface area (Å²) in [5, 5.41) is 17.5. The first-order valence-electron chi connectivity index (χ1n) is 7.43. The van der Waals surface area contributed by atoms with Crippen LogP contribution in [-0.2, 0) is 4.74 Å². The van der Waals surface area contributed by atoms with Gasteiger partial charge in [0.2, 0.25) is 0 Å². The largest absolute Gasteiger partial charge is 0.462 e. The first kappa shape index (κ1) is 18.8. The van der Waals surface area contributed by atoms with E-state index in [1.165, 1.54) is 23.5 Å². The molecule has 0 radical (unpaired) electrons. The number of anilines is 2. The number of hydrogen-bond donors (Lipinski definition) is 2. The predicted molar refractivity (Wildman–Crippen MR) is 103 cm³/mol. The number of rotatable bonds is 5. The molecule has 1 aromatic heterocycles. The van der Waals surface area contributed by atoms with E-state index in [1.54, 1.807) is 19.1 Å². The molecule has 7 nitrogen and oxygen atoms in total. The zero-order valence-corrected chi connectivity index (χ0v) is 15.5. The number of nitrogens with one attached hydrogen (secondary N) is 2. The number of benzene rings is 1. The van der Waals surface area contributed by atoms with Crippen LogP contribution in [0.3, 0.4) is 0 Å². The molecule has 0 amide bonds. The molecule has 9 heteroatoms. The molecule has 0 aliphatic heterocycles.